The maximum Gasteiger partial charge on any atom is 0.291 e. The fourth-order valence-corrected chi connectivity index (χ4v) is 2.10. The quantitative estimate of drug-likeness (QED) is 0.340. The average Bonchev–Trinajstić information content (AvgIpc) is 2.93. The Balaban J connectivity index is 0.000000491. The van der Waals surface area contributed by atoms with E-state index >= 15 is 0 Å². The highest BCUT2D eigenvalue weighted by Gasteiger charge is 2.07. The van der Waals surface area contributed by atoms with Crippen LogP contribution in [0.15, 0.2) is 58.0 Å². The second kappa shape index (κ2) is 8.27. The maximum atomic E-state index is 8.36. The minimum absolute atomic E-state index is 0.0463. The number of benzene rings is 1. The van der Waals surface area contributed by atoms with Crippen LogP contribution in [0.4, 0.5) is 0 Å². The van der Waals surface area contributed by atoms with E-state index < -0.39 is 5.09 Å². The van der Waals surface area contributed by atoms with Gasteiger partial charge in [-0.2, -0.15) is 0 Å². The van der Waals surface area contributed by atoms with Crippen molar-refractivity contribution in [2.45, 2.75) is 0 Å². The Hall–Kier alpha value is -2.94. The SMILES string of the molecule is NC(N)=N/N=C(\c1ccccc1)c1cccs1.O=[N+]([O-])O. The fraction of sp³-hybridized carbons (Fsp3) is 0. The molecule has 0 spiro atoms. The van der Waals surface area contributed by atoms with Crippen molar-refractivity contribution in [2.24, 2.45) is 21.7 Å². The molecule has 110 valence electrons. The van der Waals surface area contributed by atoms with E-state index in [9.17, 15) is 0 Å². The third-order valence-electron chi connectivity index (χ3n) is 2.07. The predicted octanol–water partition coefficient (Wildman–Crippen LogP) is 1.43. The van der Waals surface area contributed by atoms with Gasteiger partial charge < -0.3 is 16.7 Å². The molecule has 1 heterocycles. The summed E-state index contributed by atoms with van der Waals surface area (Å²) in [5, 5.41) is 23.5. The molecule has 0 saturated heterocycles. The van der Waals surface area contributed by atoms with Gasteiger partial charge in [0.25, 0.3) is 5.09 Å². The highest BCUT2D eigenvalue weighted by molar-refractivity contribution is 7.12. The molecule has 1 aromatic heterocycles. The van der Waals surface area contributed by atoms with E-state index in [4.69, 9.17) is 26.8 Å². The standard InChI is InChI=1S/C12H12N4S.HNO3/c13-12(14)16-15-11(10-7-4-8-17-10)9-5-2-1-3-6-9;2-1(3)4/h1-8H,(H4,13,14,16);(H,2,3,4)/b15-11+;. The highest BCUT2D eigenvalue weighted by Crippen LogP contribution is 2.16. The van der Waals surface area contributed by atoms with Crippen LogP contribution in [0.5, 0.6) is 0 Å². The number of nitrogens with two attached hydrogens (primary N) is 2. The van der Waals surface area contributed by atoms with Gasteiger partial charge in [-0.25, -0.2) is 0 Å². The van der Waals surface area contributed by atoms with Crippen molar-refractivity contribution in [3.63, 3.8) is 0 Å². The van der Waals surface area contributed by atoms with Gasteiger partial charge in [-0.3, -0.25) is 0 Å². The molecule has 0 atom stereocenters. The Bertz CT molecular complexity index is 618. The van der Waals surface area contributed by atoms with Crippen molar-refractivity contribution < 1.29 is 10.3 Å². The second-order valence-corrected chi connectivity index (χ2v) is 4.50. The largest absolute Gasteiger partial charge is 0.369 e. The van der Waals surface area contributed by atoms with Crippen LogP contribution in [0.1, 0.15) is 10.4 Å². The van der Waals surface area contributed by atoms with Gasteiger partial charge in [0.05, 0.1) is 4.88 Å². The van der Waals surface area contributed by atoms with E-state index in [0.29, 0.717) is 0 Å². The third kappa shape index (κ3) is 6.16. The molecule has 0 aliphatic carbocycles. The molecular weight excluding hydrogens is 294 g/mol. The summed E-state index contributed by atoms with van der Waals surface area (Å²) < 4.78 is 0. The molecule has 0 unspecified atom stereocenters. The molecule has 2 rings (SSSR count). The normalized spacial score (nSPS) is 10.2. The zero-order valence-corrected chi connectivity index (χ0v) is 11.6. The van der Waals surface area contributed by atoms with Crippen LogP contribution in [0, 0.1) is 10.1 Å². The van der Waals surface area contributed by atoms with Crippen LogP contribution in [-0.2, 0) is 0 Å². The van der Waals surface area contributed by atoms with Crippen LogP contribution in [0.2, 0.25) is 0 Å². The second-order valence-electron chi connectivity index (χ2n) is 3.55. The Morgan fingerprint density at radius 2 is 1.76 bits per heavy atom. The number of hydrogen-bond donors (Lipinski definition) is 3. The summed E-state index contributed by atoms with van der Waals surface area (Å²) in [6.07, 6.45) is 0. The molecule has 0 aliphatic heterocycles. The van der Waals surface area contributed by atoms with Crippen LogP contribution >= 0.6 is 11.3 Å². The van der Waals surface area contributed by atoms with Gasteiger partial charge >= 0.3 is 0 Å². The third-order valence-corrected chi connectivity index (χ3v) is 2.94. The molecule has 0 radical (unpaired) electrons. The Morgan fingerprint density at radius 1 is 1.14 bits per heavy atom. The smallest absolute Gasteiger partial charge is 0.291 e. The number of thiophene rings is 1. The van der Waals surface area contributed by atoms with Crippen molar-refractivity contribution in [1.82, 2.24) is 0 Å². The topological polar surface area (TPSA) is 140 Å². The first-order chi connectivity index (χ1) is 10.0. The lowest BCUT2D eigenvalue weighted by atomic mass is 10.1. The number of nitrogens with zero attached hydrogens (tertiary/aromatic N) is 3. The van der Waals surface area contributed by atoms with Crippen LogP contribution < -0.4 is 11.5 Å². The van der Waals surface area contributed by atoms with Gasteiger partial charge in [0.15, 0.2) is 0 Å². The maximum absolute atomic E-state index is 8.36. The molecule has 2 aromatic rings. The first-order valence-corrected chi connectivity index (χ1v) is 6.48. The van der Waals surface area contributed by atoms with Crippen molar-refractivity contribution in [3.05, 3.63) is 68.4 Å². The van der Waals surface area contributed by atoms with E-state index in [1.807, 2.05) is 47.8 Å². The van der Waals surface area contributed by atoms with E-state index in [1.165, 1.54) is 0 Å². The molecule has 5 N–H and O–H groups in total. The molecule has 0 saturated carbocycles. The summed E-state index contributed by atoms with van der Waals surface area (Å²) in [6, 6.07) is 13.8. The molecule has 0 aliphatic rings. The predicted molar refractivity (Wildman–Crippen MR) is 81.0 cm³/mol. The monoisotopic (exact) mass is 307 g/mol. The van der Waals surface area contributed by atoms with E-state index in [0.717, 1.165) is 16.2 Å². The van der Waals surface area contributed by atoms with Crippen LogP contribution in [-0.4, -0.2) is 22.0 Å². The Morgan fingerprint density at radius 3 is 2.24 bits per heavy atom. The summed E-state index contributed by atoms with van der Waals surface area (Å²) in [5.41, 5.74) is 12.4. The summed E-state index contributed by atoms with van der Waals surface area (Å²) in [7, 11) is 0. The summed E-state index contributed by atoms with van der Waals surface area (Å²) in [5.74, 6) is -0.0463. The minimum Gasteiger partial charge on any atom is -0.369 e. The zero-order chi connectivity index (χ0) is 15.7. The van der Waals surface area contributed by atoms with Crippen molar-refractivity contribution in [2.75, 3.05) is 0 Å². The van der Waals surface area contributed by atoms with Gasteiger partial charge in [-0.1, -0.05) is 36.4 Å². The fourth-order valence-electron chi connectivity index (χ4n) is 1.37. The molecule has 1 aromatic carbocycles. The number of hydrogen-bond acceptors (Lipinski definition) is 5. The zero-order valence-electron chi connectivity index (χ0n) is 10.8. The first kappa shape index (κ1) is 16.1. The van der Waals surface area contributed by atoms with Crippen molar-refractivity contribution in [3.8, 4) is 0 Å². The van der Waals surface area contributed by atoms with Gasteiger partial charge in [0.2, 0.25) is 5.96 Å². The molecular formula is C12H13N5O3S. The number of guanidine groups is 1. The molecule has 9 heteroatoms. The minimum atomic E-state index is -1.50. The molecule has 0 amide bonds. The van der Waals surface area contributed by atoms with Crippen molar-refractivity contribution in [1.29, 1.82) is 0 Å². The average molecular weight is 307 g/mol. The lowest BCUT2D eigenvalue weighted by Gasteiger charge is -2.01. The van der Waals surface area contributed by atoms with E-state index in [1.54, 1.807) is 11.3 Å². The number of rotatable bonds is 3. The summed E-state index contributed by atoms with van der Waals surface area (Å²) in [6.45, 7) is 0. The van der Waals surface area contributed by atoms with Gasteiger partial charge in [0.1, 0.15) is 5.71 Å². The summed E-state index contributed by atoms with van der Waals surface area (Å²) >= 11 is 1.60. The molecule has 8 nitrogen and oxygen atoms in total. The Kier molecular flexibility index (Phi) is 6.35. The van der Waals surface area contributed by atoms with Crippen LogP contribution in [0.3, 0.4) is 0 Å². The van der Waals surface area contributed by atoms with Gasteiger partial charge in [0, 0.05) is 5.56 Å². The summed E-state index contributed by atoms with van der Waals surface area (Å²) in [4.78, 5) is 9.39. The molecule has 21 heavy (non-hydrogen) atoms. The van der Waals surface area contributed by atoms with E-state index in [2.05, 4.69) is 10.2 Å². The lowest BCUT2D eigenvalue weighted by Crippen LogP contribution is -2.22. The highest BCUT2D eigenvalue weighted by atomic mass is 32.1. The van der Waals surface area contributed by atoms with Gasteiger partial charge in [-0.15, -0.1) is 31.7 Å². The first-order valence-electron chi connectivity index (χ1n) is 5.60. The van der Waals surface area contributed by atoms with Gasteiger partial charge in [-0.05, 0) is 11.4 Å². The van der Waals surface area contributed by atoms with E-state index in [-0.39, 0.29) is 5.96 Å². The molecule has 0 bridgehead atoms. The van der Waals surface area contributed by atoms with Crippen LogP contribution in [0.25, 0.3) is 0 Å². The van der Waals surface area contributed by atoms with Crippen molar-refractivity contribution >= 4 is 23.0 Å². The lowest BCUT2D eigenvalue weighted by molar-refractivity contribution is -0.742. The Labute approximate surface area is 124 Å². The molecule has 0 fully saturated rings.